The Kier molecular flexibility index (Phi) is 4.30. The van der Waals surface area contributed by atoms with Crippen LogP contribution in [-0.2, 0) is 14.8 Å². The van der Waals surface area contributed by atoms with Gasteiger partial charge in [0.15, 0.2) is 0 Å². The number of amides is 1. The van der Waals surface area contributed by atoms with Crippen molar-refractivity contribution in [3.05, 3.63) is 28.8 Å². The zero-order valence-electron chi connectivity index (χ0n) is 11.7. The molecule has 2 unspecified atom stereocenters. The second-order valence-electron chi connectivity index (χ2n) is 5.32. The lowest BCUT2D eigenvalue weighted by molar-refractivity contribution is 0.0727. The highest BCUT2D eigenvalue weighted by Crippen LogP contribution is 2.27. The predicted octanol–water partition coefficient (Wildman–Crippen LogP) is 1.28. The molecule has 1 aromatic rings. The van der Waals surface area contributed by atoms with Crippen LogP contribution in [0.4, 0.5) is 0 Å². The second-order valence-corrected chi connectivity index (χ2v) is 7.29. The van der Waals surface area contributed by atoms with Gasteiger partial charge in [0.1, 0.15) is 0 Å². The van der Waals surface area contributed by atoms with Crippen LogP contribution in [0.5, 0.6) is 0 Å². The smallest absolute Gasteiger partial charge is 0.253 e. The molecule has 0 aliphatic carbocycles. The number of primary sulfonamides is 1. The van der Waals surface area contributed by atoms with Gasteiger partial charge >= 0.3 is 0 Å². The van der Waals surface area contributed by atoms with Crippen LogP contribution >= 0.6 is 11.6 Å². The van der Waals surface area contributed by atoms with E-state index in [1.807, 2.05) is 13.8 Å². The third-order valence-corrected chi connectivity index (χ3v) is 5.04. The van der Waals surface area contributed by atoms with E-state index >= 15 is 0 Å². The molecular formula is C13H17ClN2O4S. The lowest BCUT2D eigenvalue weighted by Gasteiger charge is -2.29. The zero-order chi connectivity index (χ0) is 15.8. The largest absolute Gasteiger partial charge is 0.376 e. The van der Waals surface area contributed by atoms with Gasteiger partial charge in [0.2, 0.25) is 10.0 Å². The SMILES string of the molecule is CC1OCCC1(C)NC(=O)c1cc(S(N)(=O)=O)ccc1Cl. The summed E-state index contributed by atoms with van der Waals surface area (Å²) in [6.45, 7) is 4.30. The van der Waals surface area contributed by atoms with Crippen LogP contribution in [0, 0.1) is 0 Å². The average Bonchev–Trinajstić information content (AvgIpc) is 2.68. The van der Waals surface area contributed by atoms with E-state index in [-0.39, 0.29) is 21.6 Å². The van der Waals surface area contributed by atoms with Crippen molar-refractivity contribution < 1.29 is 17.9 Å². The number of nitrogens with two attached hydrogens (primary N) is 1. The summed E-state index contributed by atoms with van der Waals surface area (Å²) in [5.74, 6) is -0.453. The van der Waals surface area contributed by atoms with Gasteiger partial charge in [-0.25, -0.2) is 13.6 Å². The molecule has 1 heterocycles. The molecule has 1 aliphatic heterocycles. The average molecular weight is 333 g/mol. The molecule has 116 valence electrons. The molecular weight excluding hydrogens is 316 g/mol. The first-order chi connectivity index (χ1) is 9.63. The molecule has 1 fully saturated rings. The fourth-order valence-corrected chi connectivity index (χ4v) is 2.92. The maximum atomic E-state index is 12.4. The van der Waals surface area contributed by atoms with Gasteiger partial charge in [0, 0.05) is 6.61 Å². The number of sulfonamides is 1. The van der Waals surface area contributed by atoms with Crippen molar-refractivity contribution in [1.82, 2.24) is 5.32 Å². The van der Waals surface area contributed by atoms with Gasteiger partial charge in [-0.2, -0.15) is 0 Å². The van der Waals surface area contributed by atoms with Crippen LogP contribution in [0.25, 0.3) is 0 Å². The van der Waals surface area contributed by atoms with Gasteiger partial charge < -0.3 is 10.1 Å². The summed E-state index contributed by atoms with van der Waals surface area (Å²) < 4.78 is 28.2. The van der Waals surface area contributed by atoms with Gasteiger partial charge in [-0.3, -0.25) is 4.79 Å². The molecule has 2 atom stereocenters. The minimum atomic E-state index is -3.89. The van der Waals surface area contributed by atoms with Crippen molar-refractivity contribution in [2.75, 3.05) is 6.61 Å². The van der Waals surface area contributed by atoms with Gasteiger partial charge in [0.25, 0.3) is 5.91 Å². The van der Waals surface area contributed by atoms with E-state index in [0.717, 1.165) is 0 Å². The molecule has 1 amide bonds. The van der Waals surface area contributed by atoms with Crippen molar-refractivity contribution in [3.8, 4) is 0 Å². The monoisotopic (exact) mass is 332 g/mol. The highest BCUT2D eigenvalue weighted by molar-refractivity contribution is 7.89. The minimum absolute atomic E-state index is 0.0727. The lowest BCUT2D eigenvalue weighted by atomic mass is 9.94. The summed E-state index contributed by atoms with van der Waals surface area (Å²) in [5.41, 5.74) is -0.443. The molecule has 6 nitrogen and oxygen atoms in total. The second kappa shape index (κ2) is 5.57. The highest BCUT2D eigenvalue weighted by Gasteiger charge is 2.38. The number of halogens is 1. The van der Waals surface area contributed by atoms with Crippen molar-refractivity contribution in [1.29, 1.82) is 0 Å². The molecule has 0 saturated carbocycles. The van der Waals surface area contributed by atoms with Gasteiger partial charge in [-0.05, 0) is 38.5 Å². The standard InChI is InChI=1S/C13H17ClN2O4S/c1-8-13(2,5-6-20-8)16-12(17)10-7-9(21(15,18)19)3-4-11(10)14/h3-4,7-8H,5-6H2,1-2H3,(H,16,17)(H2,15,18,19). The Morgan fingerprint density at radius 2 is 2.19 bits per heavy atom. The fourth-order valence-electron chi connectivity index (χ4n) is 2.18. The van der Waals surface area contributed by atoms with Crippen LogP contribution in [-0.4, -0.2) is 32.6 Å². The first kappa shape index (κ1) is 16.2. The van der Waals surface area contributed by atoms with E-state index in [1.165, 1.54) is 18.2 Å². The number of ether oxygens (including phenoxy) is 1. The summed E-state index contributed by atoms with van der Waals surface area (Å²) in [6, 6.07) is 3.78. The number of hydrogen-bond donors (Lipinski definition) is 2. The molecule has 0 aromatic heterocycles. The summed E-state index contributed by atoms with van der Waals surface area (Å²) in [7, 11) is -3.89. The van der Waals surface area contributed by atoms with Crippen LogP contribution in [0.15, 0.2) is 23.1 Å². The number of carbonyl (C=O) groups excluding carboxylic acids is 1. The quantitative estimate of drug-likeness (QED) is 0.871. The first-order valence-corrected chi connectivity index (χ1v) is 8.32. The number of hydrogen-bond acceptors (Lipinski definition) is 4. The lowest BCUT2D eigenvalue weighted by Crippen LogP contribution is -2.50. The molecule has 1 aliphatic rings. The Morgan fingerprint density at radius 3 is 2.71 bits per heavy atom. The number of carbonyl (C=O) groups is 1. The van der Waals surface area contributed by atoms with E-state index in [2.05, 4.69) is 5.32 Å². The van der Waals surface area contributed by atoms with E-state index in [0.29, 0.717) is 13.0 Å². The van der Waals surface area contributed by atoms with E-state index < -0.39 is 21.5 Å². The van der Waals surface area contributed by atoms with Crippen molar-refractivity contribution >= 4 is 27.5 Å². The Bertz CT molecular complexity index is 677. The van der Waals surface area contributed by atoms with Crippen molar-refractivity contribution in [3.63, 3.8) is 0 Å². The van der Waals surface area contributed by atoms with Gasteiger partial charge in [-0.1, -0.05) is 11.6 Å². The van der Waals surface area contributed by atoms with Crippen LogP contribution < -0.4 is 10.5 Å². The normalized spacial score (nSPS) is 25.8. The van der Waals surface area contributed by atoms with Gasteiger partial charge in [-0.15, -0.1) is 0 Å². The van der Waals surface area contributed by atoms with Crippen LogP contribution in [0.3, 0.4) is 0 Å². The van der Waals surface area contributed by atoms with Gasteiger partial charge in [0.05, 0.1) is 27.1 Å². The molecule has 0 radical (unpaired) electrons. The molecule has 0 spiro atoms. The van der Waals surface area contributed by atoms with E-state index in [4.69, 9.17) is 21.5 Å². The molecule has 0 bridgehead atoms. The third-order valence-electron chi connectivity index (χ3n) is 3.80. The van der Waals surface area contributed by atoms with Crippen LogP contribution in [0.1, 0.15) is 30.6 Å². The highest BCUT2D eigenvalue weighted by atomic mass is 35.5. The molecule has 1 saturated heterocycles. The topological polar surface area (TPSA) is 98.5 Å². The number of benzene rings is 1. The van der Waals surface area contributed by atoms with Crippen molar-refractivity contribution in [2.45, 2.75) is 36.8 Å². The minimum Gasteiger partial charge on any atom is -0.376 e. The summed E-state index contributed by atoms with van der Waals surface area (Å²) in [4.78, 5) is 12.2. The Labute approximate surface area is 128 Å². The maximum absolute atomic E-state index is 12.4. The number of rotatable bonds is 3. The summed E-state index contributed by atoms with van der Waals surface area (Å²) >= 11 is 5.98. The van der Waals surface area contributed by atoms with E-state index in [9.17, 15) is 13.2 Å². The first-order valence-electron chi connectivity index (χ1n) is 6.40. The third kappa shape index (κ3) is 3.37. The summed E-state index contributed by atoms with van der Waals surface area (Å²) in [5, 5.41) is 8.08. The summed E-state index contributed by atoms with van der Waals surface area (Å²) in [6.07, 6.45) is 0.536. The maximum Gasteiger partial charge on any atom is 0.253 e. The number of nitrogens with one attached hydrogen (secondary N) is 1. The molecule has 1 aromatic carbocycles. The Hall–Kier alpha value is -1.15. The molecule has 8 heteroatoms. The van der Waals surface area contributed by atoms with Crippen LogP contribution in [0.2, 0.25) is 5.02 Å². The molecule has 21 heavy (non-hydrogen) atoms. The van der Waals surface area contributed by atoms with Crippen molar-refractivity contribution in [2.24, 2.45) is 5.14 Å². The predicted molar refractivity (Wildman–Crippen MR) is 78.7 cm³/mol. The zero-order valence-corrected chi connectivity index (χ0v) is 13.3. The molecule has 2 rings (SSSR count). The van der Waals surface area contributed by atoms with E-state index in [1.54, 1.807) is 0 Å². The Balaban J connectivity index is 2.31. The Morgan fingerprint density at radius 1 is 1.52 bits per heavy atom. The fraction of sp³-hybridized carbons (Fsp3) is 0.462. The molecule has 3 N–H and O–H groups in total.